The summed E-state index contributed by atoms with van der Waals surface area (Å²) in [5.41, 5.74) is 0. The van der Waals surface area contributed by atoms with Crippen molar-refractivity contribution in [1.82, 2.24) is 9.80 Å². The number of carbonyl (C=O) groups excluding carboxylic acids is 2. The largest absolute Gasteiger partial charge is 0.394 e. The van der Waals surface area contributed by atoms with Crippen LogP contribution in [0.3, 0.4) is 0 Å². The summed E-state index contributed by atoms with van der Waals surface area (Å²) in [7, 11) is 0. The Bertz CT molecular complexity index is 689. The molecule has 10 N–H and O–H groups in total. The van der Waals surface area contributed by atoms with Crippen molar-refractivity contribution < 1.29 is 60.7 Å². The molecule has 0 saturated carbocycles. The van der Waals surface area contributed by atoms with Gasteiger partial charge in [-0.1, -0.05) is 78.1 Å². The van der Waals surface area contributed by atoms with E-state index in [4.69, 9.17) is 10.2 Å². The van der Waals surface area contributed by atoms with Crippen molar-refractivity contribution in [2.75, 3.05) is 39.4 Å². The zero-order valence-corrected chi connectivity index (χ0v) is 26.5. The van der Waals surface area contributed by atoms with E-state index in [2.05, 4.69) is 13.8 Å². The maximum Gasteiger partial charge on any atom is 0.254 e. The lowest BCUT2D eigenvalue weighted by Crippen LogP contribution is -2.55. The number of unbranched alkanes of at least 4 members (excludes halogenated alkanes) is 10. The van der Waals surface area contributed by atoms with Gasteiger partial charge in [0.1, 0.15) is 36.6 Å². The maximum atomic E-state index is 13.2. The van der Waals surface area contributed by atoms with Crippen LogP contribution in [0.5, 0.6) is 0 Å². The summed E-state index contributed by atoms with van der Waals surface area (Å²) in [5.74, 6) is -1.94. The third-order valence-corrected chi connectivity index (χ3v) is 7.84. The summed E-state index contributed by atoms with van der Waals surface area (Å²) < 4.78 is 0. The van der Waals surface area contributed by atoms with E-state index in [9.17, 15) is 50.4 Å². The fourth-order valence-corrected chi connectivity index (χ4v) is 4.78. The maximum absolute atomic E-state index is 13.2. The van der Waals surface area contributed by atoms with Crippen LogP contribution < -0.4 is 0 Å². The molecule has 0 aromatic rings. The summed E-state index contributed by atoms with van der Waals surface area (Å²) in [6.45, 7) is 2.32. The van der Waals surface area contributed by atoms with Crippen molar-refractivity contribution in [2.24, 2.45) is 0 Å². The normalized spacial score (nSPS) is 17.3. The van der Waals surface area contributed by atoms with E-state index >= 15 is 0 Å². The van der Waals surface area contributed by atoms with E-state index in [1.807, 2.05) is 0 Å². The molecule has 44 heavy (non-hydrogen) atoms. The third-order valence-electron chi connectivity index (χ3n) is 7.84. The average Bonchev–Trinajstić information content (AvgIpc) is 3.04. The first kappa shape index (κ1) is 42.5. The molecule has 0 aliphatic heterocycles. The number of nitrogens with zero attached hydrogens (tertiary/aromatic N) is 2. The van der Waals surface area contributed by atoms with Crippen molar-refractivity contribution >= 4 is 11.8 Å². The number of rotatable bonds is 27. The van der Waals surface area contributed by atoms with Gasteiger partial charge in [-0.25, -0.2) is 0 Å². The highest BCUT2D eigenvalue weighted by molar-refractivity contribution is 5.82. The highest BCUT2D eigenvalue weighted by atomic mass is 16.4. The molecule has 0 aromatic heterocycles. The Balaban J connectivity index is 5.80. The van der Waals surface area contributed by atoms with Crippen LogP contribution in [0.1, 0.15) is 90.9 Å². The molecule has 0 saturated heterocycles. The number of aliphatic hydroxyl groups is 10. The zero-order valence-electron chi connectivity index (χ0n) is 26.5. The first-order chi connectivity index (χ1) is 20.9. The van der Waals surface area contributed by atoms with E-state index in [-0.39, 0.29) is 26.2 Å². The van der Waals surface area contributed by atoms with Crippen molar-refractivity contribution in [1.29, 1.82) is 0 Å². The third kappa shape index (κ3) is 15.7. The van der Waals surface area contributed by atoms with Gasteiger partial charge in [0, 0.05) is 26.2 Å². The van der Waals surface area contributed by atoms with Gasteiger partial charge in [0.15, 0.2) is 12.2 Å². The molecule has 0 heterocycles. The van der Waals surface area contributed by atoms with Gasteiger partial charge in [-0.05, 0) is 12.8 Å². The minimum atomic E-state index is -2.14. The molecule has 0 radical (unpaired) electrons. The molecule has 2 amide bonds. The minimum Gasteiger partial charge on any atom is -0.394 e. The molecule has 14 nitrogen and oxygen atoms in total. The summed E-state index contributed by atoms with van der Waals surface area (Å²) in [6.07, 6.45) is -5.39. The van der Waals surface area contributed by atoms with Crippen LogP contribution in [0.4, 0.5) is 0 Å². The lowest BCUT2D eigenvalue weighted by atomic mass is 10.0. The Morgan fingerprint density at radius 2 is 0.750 bits per heavy atom. The SMILES string of the molecule is CCCCCCCCN(CCN(CCCCCCCC)C(=O)[C@H](O)[C@@H](O)[C@H](O)[C@H](O)CO)C(=O)[C@H](O)[C@@H](O)[C@H](O)[C@H](O)CO. The first-order valence-electron chi connectivity index (χ1n) is 16.1. The molecule has 0 rings (SSSR count). The summed E-state index contributed by atoms with van der Waals surface area (Å²) in [4.78, 5) is 28.9. The van der Waals surface area contributed by atoms with Crippen LogP contribution in [0, 0.1) is 0 Å². The van der Waals surface area contributed by atoms with Gasteiger partial charge in [-0.2, -0.15) is 0 Å². The summed E-state index contributed by atoms with van der Waals surface area (Å²) in [6, 6.07) is 0. The lowest BCUT2D eigenvalue weighted by Gasteiger charge is -2.33. The number of hydrogen-bond donors (Lipinski definition) is 10. The smallest absolute Gasteiger partial charge is 0.254 e. The second kappa shape index (κ2) is 24.7. The van der Waals surface area contributed by atoms with E-state index < -0.39 is 73.9 Å². The molecule has 8 atom stereocenters. The van der Waals surface area contributed by atoms with Gasteiger partial charge in [0.05, 0.1) is 13.2 Å². The highest BCUT2D eigenvalue weighted by Crippen LogP contribution is 2.14. The first-order valence-corrected chi connectivity index (χ1v) is 16.1. The topological polar surface area (TPSA) is 243 Å². The Morgan fingerprint density at radius 1 is 0.455 bits per heavy atom. The molecular formula is C30H60N2O12. The van der Waals surface area contributed by atoms with Crippen LogP contribution >= 0.6 is 0 Å². The standard InChI is InChI=1S/C30H60N2O12/c1-3-5-7-9-11-13-15-31(29(43)27(41)25(39)23(37)21(35)19-33)17-18-32(16-14-12-10-8-6-4-2)30(44)28(42)26(40)24(38)22(36)20-34/h21-28,33-42H,3-20H2,1-2H3/t21-,22-,23-,24-,25+,26+,27-,28-/m1/s1. The monoisotopic (exact) mass is 640 g/mol. The van der Waals surface area contributed by atoms with Crippen LogP contribution in [0.25, 0.3) is 0 Å². The number of amides is 2. The zero-order chi connectivity index (χ0) is 33.7. The summed E-state index contributed by atoms with van der Waals surface area (Å²) >= 11 is 0. The molecule has 0 unspecified atom stereocenters. The van der Waals surface area contributed by atoms with Gasteiger partial charge < -0.3 is 60.9 Å². The molecule has 0 bridgehead atoms. The van der Waals surface area contributed by atoms with Crippen LogP contribution in [-0.2, 0) is 9.59 Å². The molecule has 0 aromatic carbocycles. The quantitative estimate of drug-likeness (QED) is 0.0449. The predicted octanol–water partition coefficient (Wildman–Crippen LogP) is -1.76. The molecular weight excluding hydrogens is 580 g/mol. The molecule has 0 aliphatic rings. The molecule has 262 valence electrons. The van der Waals surface area contributed by atoms with Crippen molar-refractivity contribution in [3.8, 4) is 0 Å². The molecule has 0 spiro atoms. The number of carbonyl (C=O) groups is 2. The molecule has 14 heteroatoms. The Kier molecular flexibility index (Phi) is 23.9. The second-order valence-corrected chi connectivity index (χ2v) is 11.5. The lowest BCUT2D eigenvalue weighted by molar-refractivity contribution is -0.162. The van der Waals surface area contributed by atoms with Crippen molar-refractivity contribution in [2.45, 2.75) is 140 Å². The van der Waals surface area contributed by atoms with E-state index in [0.717, 1.165) is 64.2 Å². The fourth-order valence-electron chi connectivity index (χ4n) is 4.78. The van der Waals surface area contributed by atoms with Crippen LogP contribution in [0.2, 0.25) is 0 Å². The highest BCUT2D eigenvalue weighted by Gasteiger charge is 2.38. The van der Waals surface area contributed by atoms with Gasteiger partial charge >= 0.3 is 0 Å². The van der Waals surface area contributed by atoms with Gasteiger partial charge in [-0.3, -0.25) is 9.59 Å². The van der Waals surface area contributed by atoms with Crippen LogP contribution in [-0.4, -0.2) is 161 Å². The van der Waals surface area contributed by atoms with E-state index in [0.29, 0.717) is 12.8 Å². The Morgan fingerprint density at radius 3 is 1.05 bits per heavy atom. The van der Waals surface area contributed by atoms with Crippen LogP contribution in [0.15, 0.2) is 0 Å². The molecule has 0 fully saturated rings. The van der Waals surface area contributed by atoms with E-state index in [1.54, 1.807) is 0 Å². The van der Waals surface area contributed by atoms with E-state index in [1.165, 1.54) is 9.80 Å². The van der Waals surface area contributed by atoms with Gasteiger partial charge in [-0.15, -0.1) is 0 Å². The second-order valence-electron chi connectivity index (χ2n) is 11.5. The van der Waals surface area contributed by atoms with Gasteiger partial charge in [0.25, 0.3) is 11.8 Å². The average molecular weight is 641 g/mol. The number of aliphatic hydroxyl groups excluding tert-OH is 10. The Labute approximate surface area is 261 Å². The predicted molar refractivity (Wildman–Crippen MR) is 162 cm³/mol. The Hall–Kier alpha value is -1.46. The molecule has 0 aliphatic carbocycles. The number of hydrogen-bond acceptors (Lipinski definition) is 12. The van der Waals surface area contributed by atoms with Crippen molar-refractivity contribution in [3.63, 3.8) is 0 Å². The summed E-state index contributed by atoms with van der Waals surface area (Å²) in [5, 5.41) is 99.1. The minimum absolute atomic E-state index is 0.138. The van der Waals surface area contributed by atoms with Gasteiger partial charge in [0.2, 0.25) is 0 Å². The van der Waals surface area contributed by atoms with Crippen molar-refractivity contribution in [3.05, 3.63) is 0 Å². The fraction of sp³-hybridized carbons (Fsp3) is 0.933.